The summed E-state index contributed by atoms with van der Waals surface area (Å²) in [5.41, 5.74) is 0. The maximum Gasteiger partial charge on any atom is 0.123 e. The van der Waals surface area contributed by atoms with Gasteiger partial charge in [0.25, 0.3) is 0 Å². The summed E-state index contributed by atoms with van der Waals surface area (Å²) in [6, 6.07) is 0. The maximum absolute atomic E-state index is 3.66. The molecule has 1 N–H and O–H groups in total. The molecule has 0 aliphatic carbocycles. The van der Waals surface area contributed by atoms with Crippen molar-refractivity contribution in [3.8, 4) is 0 Å². The molecule has 1 aliphatic rings. The van der Waals surface area contributed by atoms with Crippen LogP contribution in [0.4, 0.5) is 0 Å². The maximum atomic E-state index is 3.66. The Balaban J connectivity index is 2.72. The third kappa shape index (κ3) is 1.95. The highest BCUT2D eigenvalue weighted by Crippen LogP contribution is 2.62. The first-order chi connectivity index (χ1) is 4.96. The molecule has 0 spiro atoms. The van der Waals surface area contributed by atoms with Gasteiger partial charge in [-0.25, -0.2) is 0 Å². The minimum absolute atomic E-state index is 0.420. The van der Waals surface area contributed by atoms with Crippen LogP contribution in [0.15, 0.2) is 0 Å². The van der Waals surface area contributed by atoms with E-state index in [-0.39, 0.29) is 0 Å². The molecular weight excluding hydrogens is 153 g/mol. The standard InChI is InChI=1S/C9H21NP/c1-9(2)10-7-5-6-8-11(9,3)4/h10H,5-8H2,1-4H3/q+1. The molecule has 1 aliphatic heterocycles. The smallest absolute Gasteiger partial charge is 0.123 e. The van der Waals surface area contributed by atoms with Gasteiger partial charge in [-0.3, -0.25) is 5.32 Å². The summed E-state index contributed by atoms with van der Waals surface area (Å²) in [5.74, 6) is 0. The predicted molar refractivity (Wildman–Crippen MR) is 55.0 cm³/mol. The van der Waals surface area contributed by atoms with E-state index in [1.54, 1.807) is 0 Å². The van der Waals surface area contributed by atoms with E-state index in [2.05, 4.69) is 32.5 Å². The summed E-state index contributed by atoms with van der Waals surface area (Å²) in [4.78, 5) is 0. The molecule has 2 heteroatoms. The Morgan fingerprint density at radius 1 is 1.18 bits per heavy atom. The molecule has 1 saturated heterocycles. The van der Waals surface area contributed by atoms with E-state index in [1.165, 1.54) is 25.5 Å². The van der Waals surface area contributed by atoms with Crippen molar-refractivity contribution in [1.29, 1.82) is 0 Å². The lowest BCUT2D eigenvalue weighted by Crippen LogP contribution is -2.40. The van der Waals surface area contributed by atoms with Gasteiger partial charge in [-0.2, -0.15) is 0 Å². The zero-order valence-corrected chi connectivity index (χ0v) is 9.17. The van der Waals surface area contributed by atoms with E-state index < -0.39 is 7.26 Å². The zero-order chi connectivity index (χ0) is 8.54. The number of hydrogen-bond donors (Lipinski definition) is 1. The van der Waals surface area contributed by atoms with Gasteiger partial charge in [0.05, 0.1) is 19.5 Å². The lowest BCUT2D eigenvalue weighted by molar-refractivity contribution is 0.530. The van der Waals surface area contributed by atoms with E-state index in [1.807, 2.05) is 0 Å². The van der Waals surface area contributed by atoms with E-state index in [9.17, 15) is 0 Å². The summed E-state index contributed by atoms with van der Waals surface area (Å²) < 4.78 is 0. The van der Waals surface area contributed by atoms with Crippen LogP contribution >= 0.6 is 7.26 Å². The summed E-state index contributed by atoms with van der Waals surface area (Å²) in [6.07, 6.45) is 4.26. The molecule has 1 nitrogen and oxygen atoms in total. The normalized spacial score (nSPS) is 29.5. The lowest BCUT2D eigenvalue weighted by atomic mass is 10.3. The van der Waals surface area contributed by atoms with Gasteiger partial charge in [0.1, 0.15) is 5.28 Å². The van der Waals surface area contributed by atoms with Crippen molar-refractivity contribution >= 4 is 7.26 Å². The second kappa shape index (κ2) is 3.03. The Morgan fingerprint density at radius 3 is 2.45 bits per heavy atom. The minimum Gasteiger partial charge on any atom is -0.281 e. The van der Waals surface area contributed by atoms with Crippen LogP contribution in [-0.2, 0) is 0 Å². The van der Waals surface area contributed by atoms with E-state index in [4.69, 9.17) is 0 Å². The highest BCUT2D eigenvalue weighted by Gasteiger charge is 2.43. The van der Waals surface area contributed by atoms with Crippen LogP contribution in [0.2, 0.25) is 0 Å². The van der Waals surface area contributed by atoms with E-state index in [0.29, 0.717) is 5.28 Å². The van der Waals surface area contributed by atoms with Crippen molar-refractivity contribution in [2.24, 2.45) is 0 Å². The largest absolute Gasteiger partial charge is 0.281 e. The third-order valence-corrected chi connectivity index (χ3v) is 7.83. The number of rotatable bonds is 0. The average molecular weight is 174 g/mol. The van der Waals surface area contributed by atoms with Gasteiger partial charge < -0.3 is 0 Å². The molecule has 1 fully saturated rings. The highest BCUT2D eigenvalue weighted by atomic mass is 31.2. The zero-order valence-electron chi connectivity index (χ0n) is 8.28. The van der Waals surface area contributed by atoms with Crippen molar-refractivity contribution in [3.05, 3.63) is 0 Å². The summed E-state index contributed by atoms with van der Waals surface area (Å²) >= 11 is 0. The van der Waals surface area contributed by atoms with Crippen molar-refractivity contribution in [2.75, 3.05) is 26.0 Å². The molecule has 1 heterocycles. The van der Waals surface area contributed by atoms with Gasteiger partial charge in [-0.05, 0) is 33.2 Å². The van der Waals surface area contributed by atoms with Gasteiger partial charge in [0.2, 0.25) is 0 Å². The van der Waals surface area contributed by atoms with Crippen molar-refractivity contribution < 1.29 is 0 Å². The molecule has 0 aromatic carbocycles. The van der Waals surface area contributed by atoms with Gasteiger partial charge >= 0.3 is 0 Å². The highest BCUT2D eigenvalue weighted by molar-refractivity contribution is 7.75. The van der Waals surface area contributed by atoms with Crippen LogP contribution in [0, 0.1) is 0 Å². The Kier molecular flexibility index (Phi) is 2.61. The lowest BCUT2D eigenvalue weighted by Gasteiger charge is -2.33. The van der Waals surface area contributed by atoms with E-state index in [0.717, 1.165) is 0 Å². The fourth-order valence-corrected chi connectivity index (χ4v) is 3.63. The first-order valence-corrected chi connectivity index (χ1v) is 7.41. The van der Waals surface area contributed by atoms with Crippen LogP contribution < -0.4 is 5.32 Å². The van der Waals surface area contributed by atoms with Gasteiger partial charge in [-0.1, -0.05) is 0 Å². The number of hydrogen-bond acceptors (Lipinski definition) is 1. The second-order valence-electron chi connectivity index (χ2n) is 4.60. The molecule has 0 saturated carbocycles. The molecule has 0 amide bonds. The fourth-order valence-electron chi connectivity index (χ4n) is 1.52. The molecule has 0 atom stereocenters. The Hall–Kier alpha value is 0.390. The molecule has 1 rings (SSSR count). The molecule has 11 heavy (non-hydrogen) atoms. The summed E-state index contributed by atoms with van der Waals surface area (Å²) in [6.45, 7) is 10.9. The second-order valence-corrected chi connectivity index (χ2v) is 9.54. The molecule has 0 bridgehead atoms. The van der Waals surface area contributed by atoms with Crippen LogP contribution in [0.5, 0.6) is 0 Å². The monoisotopic (exact) mass is 174 g/mol. The molecule has 0 unspecified atom stereocenters. The number of nitrogens with one attached hydrogen (secondary N) is 1. The Labute approximate surface area is 71.3 Å². The van der Waals surface area contributed by atoms with E-state index >= 15 is 0 Å². The first-order valence-electron chi connectivity index (χ1n) is 4.54. The fraction of sp³-hybridized carbons (Fsp3) is 1.00. The Bertz CT molecular complexity index is 124. The van der Waals surface area contributed by atoms with Gasteiger partial charge in [0, 0.05) is 7.26 Å². The molecule has 0 aromatic rings. The molecule has 0 radical (unpaired) electrons. The molecule has 66 valence electrons. The van der Waals surface area contributed by atoms with Gasteiger partial charge in [-0.15, -0.1) is 0 Å². The third-order valence-electron chi connectivity index (χ3n) is 3.21. The molecule has 0 aromatic heterocycles. The van der Waals surface area contributed by atoms with Crippen LogP contribution in [0.1, 0.15) is 26.7 Å². The van der Waals surface area contributed by atoms with Crippen LogP contribution in [0.3, 0.4) is 0 Å². The van der Waals surface area contributed by atoms with Crippen LogP contribution in [0.25, 0.3) is 0 Å². The van der Waals surface area contributed by atoms with Crippen molar-refractivity contribution in [2.45, 2.75) is 32.0 Å². The van der Waals surface area contributed by atoms with Crippen LogP contribution in [-0.4, -0.2) is 31.3 Å². The minimum atomic E-state index is -0.694. The Morgan fingerprint density at radius 2 is 1.82 bits per heavy atom. The SMILES string of the molecule is CC1(C)NCCCC[P+]1(C)C. The quantitative estimate of drug-likeness (QED) is 0.556. The van der Waals surface area contributed by atoms with Gasteiger partial charge in [0.15, 0.2) is 0 Å². The summed E-state index contributed by atoms with van der Waals surface area (Å²) in [5, 5.41) is 4.08. The van der Waals surface area contributed by atoms with Crippen molar-refractivity contribution in [3.63, 3.8) is 0 Å². The topological polar surface area (TPSA) is 12.0 Å². The molecular formula is C9H21NP+. The predicted octanol–water partition coefficient (Wildman–Crippen LogP) is 2.38. The average Bonchev–Trinajstić information content (AvgIpc) is 1.94. The summed E-state index contributed by atoms with van der Waals surface area (Å²) in [7, 11) is -0.694. The first kappa shape index (κ1) is 9.48. The van der Waals surface area contributed by atoms with Crippen molar-refractivity contribution in [1.82, 2.24) is 5.32 Å².